The summed E-state index contributed by atoms with van der Waals surface area (Å²) in [6.07, 6.45) is 1.27. The first-order valence-corrected chi connectivity index (χ1v) is 11.0. The Balaban J connectivity index is 1.84. The lowest BCUT2D eigenvalue weighted by atomic mass is 9.75. The van der Waals surface area contributed by atoms with Crippen LogP contribution in [0.5, 0.6) is 0 Å². The second kappa shape index (κ2) is 10.1. The summed E-state index contributed by atoms with van der Waals surface area (Å²) in [5.41, 5.74) is 5.57. The number of nitrogens with zero attached hydrogens (tertiary/aromatic N) is 2. The van der Waals surface area contributed by atoms with Crippen LogP contribution in [0.2, 0.25) is 5.02 Å². The second-order valence-corrected chi connectivity index (χ2v) is 8.92. The molecule has 2 heterocycles. The molecular weight excluding hydrogens is 420 g/mol. The molecule has 31 heavy (non-hydrogen) atoms. The fourth-order valence-electron chi connectivity index (χ4n) is 4.44. The molecule has 2 fully saturated rings. The van der Waals surface area contributed by atoms with Crippen molar-refractivity contribution in [2.24, 2.45) is 0 Å². The van der Waals surface area contributed by atoms with Crippen LogP contribution in [0.15, 0.2) is 24.3 Å². The molecule has 3 amide bonds. The summed E-state index contributed by atoms with van der Waals surface area (Å²) in [6, 6.07) is 7.43. The number of rotatable bonds is 9. The van der Waals surface area contributed by atoms with Crippen LogP contribution >= 0.6 is 11.6 Å². The zero-order chi connectivity index (χ0) is 22.6. The van der Waals surface area contributed by atoms with Gasteiger partial charge in [0.2, 0.25) is 17.7 Å². The Morgan fingerprint density at radius 2 is 2.06 bits per heavy atom. The van der Waals surface area contributed by atoms with E-state index in [1.54, 1.807) is 43.3 Å². The number of nitrogens with one attached hydrogen (secondary N) is 2. The number of amides is 3. The van der Waals surface area contributed by atoms with Crippen molar-refractivity contribution >= 4 is 29.3 Å². The molecule has 1 aromatic carbocycles. The molecule has 0 radical (unpaired) electrons. The number of ether oxygens (including phenoxy) is 1. The van der Waals surface area contributed by atoms with Gasteiger partial charge < -0.3 is 9.64 Å². The van der Waals surface area contributed by atoms with Crippen LogP contribution < -0.4 is 10.9 Å². The van der Waals surface area contributed by atoms with Gasteiger partial charge in [0, 0.05) is 63.8 Å². The lowest BCUT2D eigenvalue weighted by Gasteiger charge is -2.30. The van der Waals surface area contributed by atoms with Gasteiger partial charge in [-0.1, -0.05) is 29.8 Å². The summed E-state index contributed by atoms with van der Waals surface area (Å²) in [4.78, 5) is 42.5. The summed E-state index contributed by atoms with van der Waals surface area (Å²) in [6.45, 7) is 3.28. The quantitative estimate of drug-likeness (QED) is 0.437. The summed E-state index contributed by atoms with van der Waals surface area (Å²) in [7, 11) is 3.30. The molecule has 3 atom stereocenters. The fraction of sp³-hybridized carbons (Fsp3) is 0.591. The van der Waals surface area contributed by atoms with Gasteiger partial charge in [-0.05, 0) is 31.4 Å². The maximum atomic E-state index is 13.5. The maximum Gasteiger partial charge on any atom is 0.240 e. The SMILES string of the molecule is COCCCN1C(=O)CC(CC(=O)N(C)CC2CC(C)NN2)(c2ccccc2Cl)C1=O. The molecule has 1 aromatic rings. The average Bonchev–Trinajstić information content (AvgIpc) is 3.24. The molecule has 3 unspecified atom stereocenters. The van der Waals surface area contributed by atoms with Gasteiger partial charge >= 0.3 is 0 Å². The highest BCUT2D eigenvalue weighted by Gasteiger charge is 2.54. The number of imide groups is 1. The van der Waals surface area contributed by atoms with Gasteiger partial charge in [-0.15, -0.1) is 0 Å². The maximum absolute atomic E-state index is 13.5. The molecule has 0 spiro atoms. The topological polar surface area (TPSA) is 91.0 Å². The highest BCUT2D eigenvalue weighted by molar-refractivity contribution is 6.32. The summed E-state index contributed by atoms with van der Waals surface area (Å²) >= 11 is 6.45. The smallest absolute Gasteiger partial charge is 0.240 e. The van der Waals surface area contributed by atoms with Crippen molar-refractivity contribution in [1.82, 2.24) is 20.7 Å². The number of hydrazine groups is 1. The van der Waals surface area contributed by atoms with E-state index in [0.717, 1.165) is 6.42 Å². The van der Waals surface area contributed by atoms with Crippen LogP contribution in [0.3, 0.4) is 0 Å². The van der Waals surface area contributed by atoms with E-state index in [9.17, 15) is 14.4 Å². The molecular formula is C22H31ClN4O4. The molecule has 170 valence electrons. The third-order valence-corrected chi connectivity index (χ3v) is 6.40. The van der Waals surface area contributed by atoms with Crippen molar-refractivity contribution in [1.29, 1.82) is 0 Å². The average molecular weight is 451 g/mol. The first kappa shape index (κ1) is 23.7. The van der Waals surface area contributed by atoms with E-state index in [0.29, 0.717) is 36.2 Å². The van der Waals surface area contributed by atoms with Crippen LogP contribution in [0.4, 0.5) is 0 Å². The van der Waals surface area contributed by atoms with Gasteiger partial charge in [0.05, 0.1) is 5.41 Å². The standard InChI is InChI=1S/C22H31ClN4O4/c1-15-11-16(25-24-15)14-26(2)19(28)12-22(17-7-4-5-8-18(17)23)13-20(29)27(21(22)30)9-6-10-31-3/h4-5,7-8,15-16,24-25H,6,9-14H2,1-3H3. The predicted molar refractivity (Wildman–Crippen MR) is 117 cm³/mol. The van der Waals surface area contributed by atoms with E-state index in [1.165, 1.54) is 4.90 Å². The third kappa shape index (κ3) is 5.09. The molecule has 0 aromatic heterocycles. The number of carbonyl (C=O) groups excluding carboxylic acids is 3. The molecule has 2 aliphatic heterocycles. The van der Waals surface area contributed by atoms with E-state index in [-0.39, 0.29) is 43.1 Å². The highest BCUT2D eigenvalue weighted by Crippen LogP contribution is 2.43. The Bertz CT molecular complexity index is 835. The summed E-state index contributed by atoms with van der Waals surface area (Å²) < 4.78 is 5.05. The van der Waals surface area contributed by atoms with E-state index in [2.05, 4.69) is 17.8 Å². The van der Waals surface area contributed by atoms with Gasteiger partial charge in [-0.3, -0.25) is 30.1 Å². The second-order valence-electron chi connectivity index (χ2n) is 8.51. The zero-order valence-electron chi connectivity index (χ0n) is 18.3. The molecule has 0 saturated carbocycles. The van der Waals surface area contributed by atoms with Gasteiger partial charge in [0.15, 0.2) is 0 Å². The number of halogens is 1. The normalized spacial score (nSPS) is 26.0. The Kier molecular flexibility index (Phi) is 7.69. The van der Waals surface area contributed by atoms with Gasteiger partial charge in [0.1, 0.15) is 0 Å². The van der Waals surface area contributed by atoms with Crippen LogP contribution in [-0.4, -0.2) is 73.5 Å². The molecule has 0 bridgehead atoms. The number of methoxy groups -OCH3 is 1. The van der Waals surface area contributed by atoms with E-state index >= 15 is 0 Å². The minimum atomic E-state index is -1.29. The number of likely N-dealkylation sites (N-methyl/N-ethyl adjacent to an activating group) is 1. The molecule has 2 N–H and O–H groups in total. The van der Waals surface area contributed by atoms with E-state index in [4.69, 9.17) is 16.3 Å². The summed E-state index contributed by atoms with van der Waals surface area (Å²) in [5.74, 6) is -0.842. The first-order chi connectivity index (χ1) is 14.8. The summed E-state index contributed by atoms with van der Waals surface area (Å²) in [5, 5.41) is 0.383. The first-order valence-electron chi connectivity index (χ1n) is 10.6. The fourth-order valence-corrected chi connectivity index (χ4v) is 4.75. The van der Waals surface area contributed by atoms with Crippen molar-refractivity contribution in [2.75, 3.05) is 33.9 Å². The number of benzene rings is 1. The van der Waals surface area contributed by atoms with Gasteiger partial charge in [-0.25, -0.2) is 0 Å². The van der Waals surface area contributed by atoms with Crippen molar-refractivity contribution in [3.05, 3.63) is 34.9 Å². The van der Waals surface area contributed by atoms with E-state index in [1.807, 2.05) is 0 Å². The monoisotopic (exact) mass is 450 g/mol. The predicted octanol–water partition coefficient (Wildman–Crippen LogP) is 1.48. The van der Waals surface area contributed by atoms with Crippen LogP contribution in [0.1, 0.15) is 38.2 Å². The minimum absolute atomic E-state index is 0.0671. The van der Waals surface area contributed by atoms with Crippen molar-refractivity contribution in [2.45, 2.75) is 50.1 Å². The van der Waals surface area contributed by atoms with Crippen molar-refractivity contribution < 1.29 is 19.1 Å². The largest absolute Gasteiger partial charge is 0.385 e. The number of likely N-dealkylation sites (tertiary alicyclic amines) is 1. The highest BCUT2D eigenvalue weighted by atomic mass is 35.5. The van der Waals surface area contributed by atoms with Gasteiger partial charge in [-0.2, -0.15) is 0 Å². The van der Waals surface area contributed by atoms with Crippen LogP contribution in [0.25, 0.3) is 0 Å². The lowest BCUT2D eigenvalue weighted by molar-refractivity contribution is -0.142. The minimum Gasteiger partial charge on any atom is -0.385 e. The van der Waals surface area contributed by atoms with Crippen LogP contribution in [0, 0.1) is 0 Å². The number of hydrogen-bond acceptors (Lipinski definition) is 6. The Morgan fingerprint density at radius 1 is 1.32 bits per heavy atom. The third-order valence-electron chi connectivity index (χ3n) is 6.07. The zero-order valence-corrected chi connectivity index (χ0v) is 19.1. The molecule has 0 aliphatic carbocycles. The lowest BCUT2D eigenvalue weighted by Crippen LogP contribution is -2.46. The van der Waals surface area contributed by atoms with Crippen LogP contribution in [-0.2, 0) is 24.5 Å². The van der Waals surface area contributed by atoms with E-state index < -0.39 is 5.41 Å². The number of hydrogen-bond donors (Lipinski definition) is 2. The van der Waals surface area contributed by atoms with Crippen molar-refractivity contribution in [3.8, 4) is 0 Å². The number of carbonyl (C=O) groups is 3. The van der Waals surface area contributed by atoms with Crippen molar-refractivity contribution in [3.63, 3.8) is 0 Å². The molecule has 8 nitrogen and oxygen atoms in total. The molecule has 2 saturated heterocycles. The Labute approximate surface area is 188 Å². The van der Waals surface area contributed by atoms with Gasteiger partial charge in [0.25, 0.3) is 0 Å². The molecule has 3 rings (SSSR count). The Morgan fingerprint density at radius 3 is 2.71 bits per heavy atom. The Hall–Kier alpha value is -2.00. The molecule has 2 aliphatic rings. The molecule has 9 heteroatoms.